The Morgan fingerprint density at radius 1 is 1.29 bits per heavy atom. The molecule has 0 spiro atoms. The minimum absolute atomic E-state index is 0.0605. The predicted octanol–water partition coefficient (Wildman–Crippen LogP) is 0.440. The van der Waals surface area contributed by atoms with E-state index in [2.05, 4.69) is 20.4 Å². The lowest BCUT2D eigenvalue weighted by molar-refractivity contribution is 0.0899. The molecular formula is C16H22N6O2. The topological polar surface area (TPSA) is 94.7 Å². The van der Waals surface area contributed by atoms with Gasteiger partial charge in [0.05, 0.1) is 6.20 Å². The molecule has 0 saturated heterocycles. The number of nitrogens with one attached hydrogen (secondary N) is 1. The molecule has 1 aliphatic carbocycles. The molecule has 2 heterocycles. The Morgan fingerprint density at radius 2 is 2.08 bits per heavy atom. The molecule has 0 aliphatic heterocycles. The van der Waals surface area contributed by atoms with Gasteiger partial charge in [0.25, 0.3) is 5.91 Å². The zero-order valence-corrected chi connectivity index (χ0v) is 14.0. The quantitative estimate of drug-likeness (QED) is 0.878. The second kappa shape index (κ2) is 6.94. The Hall–Kier alpha value is -2.51. The van der Waals surface area contributed by atoms with E-state index in [9.17, 15) is 9.59 Å². The lowest BCUT2D eigenvalue weighted by Crippen LogP contribution is -2.43. The summed E-state index contributed by atoms with van der Waals surface area (Å²) >= 11 is 0. The van der Waals surface area contributed by atoms with Crippen molar-refractivity contribution in [2.45, 2.75) is 38.1 Å². The molecule has 2 aromatic rings. The van der Waals surface area contributed by atoms with E-state index in [4.69, 9.17) is 0 Å². The van der Waals surface area contributed by atoms with E-state index >= 15 is 0 Å². The van der Waals surface area contributed by atoms with E-state index in [0.29, 0.717) is 12.1 Å². The van der Waals surface area contributed by atoms with E-state index < -0.39 is 0 Å². The number of hydrogen-bond donors (Lipinski definition) is 1. The number of carbonyl (C=O) groups excluding carboxylic acids is 1. The first-order valence-corrected chi connectivity index (χ1v) is 8.22. The third-order valence-electron chi connectivity index (χ3n) is 4.68. The monoisotopic (exact) mass is 330 g/mol. The molecule has 0 radical (unpaired) electrons. The van der Waals surface area contributed by atoms with Crippen LogP contribution in [-0.4, -0.2) is 36.3 Å². The number of nitrogens with zero attached hydrogens (tertiary/aromatic N) is 5. The second-order valence-corrected chi connectivity index (χ2v) is 6.30. The van der Waals surface area contributed by atoms with Crippen molar-refractivity contribution < 1.29 is 4.79 Å². The number of carbonyl (C=O) groups is 1. The van der Waals surface area contributed by atoms with Crippen molar-refractivity contribution in [3.05, 3.63) is 40.6 Å². The number of amides is 1. The Bertz CT molecular complexity index is 767. The summed E-state index contributed by atoms with van der Waals surface area (Å²) in [5.41, 5.74) is 0.202. The fourth-order valence-electron chi connectivity index (χ4n) is 3.32. The molecule has 1 saturated carbocycles. The lowest BCUT2D eigenvalue weighted by atomic mass is 9.82. The molecule has 0 aromatic carbocycles. The van der Waals surface area contributed by atoms with Gasteiger partial charge < -0.3 is 5.32 Å². The van der Waals surface area contributed by atoms with Gasteiger partial charge >= 0.3 is 5.69 Å². The molecule has 2 aromatic heterocycles. The van der Waals surface area contributed by atoms with Gasteiger partial charge in [-0.15, -0.1) is 0 Å². The van der Waals surface area contributed by atoms with Crippen LogP contribution in [0.25, 0.3) is 0 Å². The second-order valence-electron chi connectivity index (χ2n) is 6.30. The highest BCUT2D eigenvalue weighted by molar-refractivity contribution is 5.92. The van der Waals surface area contributed by atoms with E-state index in [1.165, 1.54) is 17.1 Å². The minimum Gasteiger partial charge on any atom is -0.348 e. The summed E-state index contributed by atoms with van der Waals surface area (Å²) in [5.74, 6) is 0.822. The van der Waals surface area contributed by atoms with Crippen LogP contribution in [0.2, 0.25) is 0 Å². The number of aromatic nitrogens is 5. The molecule has 24 heavy (non-hydrogen) atoms. The van der Waals surface area contributed by atoms with Crippen LogP contribution in [0.4, 0.5) is 0 Å². The number of aryl methyl sites for hydroxylation is 1. The van der Waals surface area contributed by atoms with Crippen molar-refractivity contribution in [3.8, 4) is 0 Å². The van der Waals surface area contributed by atoms with E-state index in [0.717, 1.165) is 31.5 Å². The van der Waals surface area contributed by atoms with Crippen molar-refractivity contribution in [2.75, 3.05) is 0 Å². The normalized spacial score (nSPS) is 20.8. The zero-order chi connectivity index (χ0) is 17.1. The fourth-order valence-corrected chi connectivity index (χ4v) is 3.32. The molecule has 2 atom stereocenters. The van der Waals surface area contributed by atoms with E-state index in [-0.39, 0.29) is 23.6 Å². The number of rotatable bonds is 4. The van der Waals surface area contributed by atoms with Crippen LogP contribution < -0.4 is 11.0 Å². The molecule has 1 fully saturated rings. The van der Waals surface area contributed by atoms with Crippen LogP contribution in [0.3, 0.4) is 0 Å². The van der Waals surface area contributed by atoms with E-state index in [1.54, 1.807) is 24.9 Å². The maximum absolute atomic E-state index is 12.3. The van der Waals surface area contributed by atoms with Crippen LogP contribution in [-0.2, 0) is 20.5 Å². The lowest BCUT2D eigenvalue weighted by Gasteiger charge is -2.31. The summed E-state index contributed by atoms with van der Waals surface area (Å²) in [5, 5.41) is 7.39. The maximum Gasteiger partial charge on any atom is 0.345 e. The Kier molecular flexibility index (Phi) is 4.73. The van der Waals surface area contributed by atoms with Crippen LogP contribution >= 0.6 is 0 Å². The average molecular weight is 330 g/mol. The van der Waals surface area contributed by atoms with Crippen LogP contribution in [0.1, 0.15) is 42.0 Å². The average Bonchev–Trinajstić information content (AvgIpc) is 2.84. The first-order chi connectivity index (χ1) is 11.6. The van der Waals surface area contributed by atoms with Gasteiger partial charge in [0.15, 0.2) is 0 Å². The summed E-state index contributed by atoms with van der Waals surface area (Å²) in [7, 11) is 3.39. The third kappa shape index (κ3) is 3.37. The van der Waals surface area contributed by atoms with Gasteiger partial charge in [0, 0.05) is 39.0 Å². The largest absolute Gasteiger partial charge is 0.348 e. The van der Waals surface area contributed by atoms with Crippen LogP contribution in [0, 0.1) is 5.92 Å². The Morgan fingerprint density at radius 3 is 2.75 bits per heavy atom. The third-order valence-corrected chi connectivity index (χ3v) is 4.68. The highest BCUT2D eigenvalue weighted by atomic mass is 16.2. The fraction of sp³-hybridized carbons (Fsp3) is 0.562. The van der Waals surface area contributed by atoms with Crippen molar-refractivity contribution >= 4 is 5.91 Å². The minimum atomic E-state index is -0.199. The molecule has 128 valence electrons. The standard InChI is InChI=1S/C16H22N6O2/c1-21-14(20-22(2)16(21)24)9-11-5-3-4-6-12(11)19-15(23)13-10-17-7-8-18-13/h7-8,10-12H,3-6,9H2,1-2H3,(H,19,23)/t11-,12-/m1/s1. The summed E-state index contributed by atoms with van der Waals surface area (Å²) in [6.07, 6.45) is 9.35. The summed E-state index contributed by atoms with van der Waals surface area (Å²) in [4.78, 5) is 32.2. The smallest absolute Gasteiger partial charge is 0.345 e. The van der Waals surface area contributed by atoms with Gasteiger partial charge in [0.2, 0.25) is 0 Å². The highest BCUT2D eigenvalue weighted by Crippen LogP contribution is 2.27. The highest BCUT2D eigenvalue weighted by Gasteiger charge is 2.29. The Labute approximate surface area is 139 Å². The Balaban J connectivity index is 1.72. The molecule has 1 N–H and O–H groups in total. The maximum atomic E-state index is 12.3. The van der Waals surface area contributed by atoms with Crippen molar-refractivity contribution in [2.24, 2.45) is 20.0 Å². The van der Waals surface area contributed by atoms with Crippen LogP contribution in [0.15, 0.2) is 23.4 Å². The van der Waals surface area contributed by atoms with Gasteiger partial charge in [-0.05, 0) is 18.8 Å². The van der Waals surface area contributed by atoms with Crippen LogP contribution in [0.5, 0.6) is 0 Å². The van der Waals surface area contributed by atoms with Gasteiger partial charge in [-0.3, -0.25) is 14.3 Å². The number of hydrogen-bond acceptors (Lipinski definition) is 5. The molecule has 1 aliphatic rings. The van der Waals surface area contributed by atoms with Crippen molar-refractivity contribution in [1.29, 1.82) is 0 Å². The van der Waals surface area contributed by atoms with Gasteiger partial charge in [-0.25, -0.2) is 14.5 Å². The first-order valence-electron chi connectivity index (χ1n) is 8.22. The molecule has 0 bridgehead atoms. The molecule has 8 nitrogen and oxygen atoms in total. The first kappa shape index (κ1) is 16.4. The van der Waals surface area contributed by atoms with Gasteiger partial charge in [-0.2, -0.15) is 5.10 Å². The zero-order valence-electron chi connectivity index (χ0n) is 14.0. The summed E-state index contributed by atoms with van der Waals surface area (Å²) in [6, 6.07) is 0.0605. The molecule has 1 amide bonds. The van der Waals surface area contributed by atoms with Gasteiger partial charge in [-0.1, -0.05) is 12.8 Å². The molecular weight excluding hydrogens is 308 g/mol. The molecule has 8 heteroatoms. The predicted molar refractivity (Wildman–Crippen MR) is 87.4 cm³/mol. The summed E-state index contributed by atoms with van der Waals surface area (Å²) in [6.45, 7) is 0. The van der Waals surface area contributed by atoms with E-state index in [1.807, 2.05) is 0 Å². The van der Waals surface area contributed by atoms with Crippen molar-refractivity contribution in [3.63, 3.8) is 0 Å². The SMILES string of the molecule is Cn1nc(C[C@H]2CCCC[C@H]2NC(=O)c2cnccn2)n(C)c1=O. The summed E-state index contributed by atoms with van der Waals surface area (Å²) < 4.78 is 2.93. The molecule has 3 rings (SSSR count). The molecule has 0 unspecified atom stereocenters. The van der Waals surface area contributed by atoms with Crippen molar-refractivity contribution in [1.82, 2.24) is 29.6 Å². The van der Waals surface area contributed by atoms with Gasteiger partial charge in [0.1, 0.15) is 11.5 Å².